The van der Waals surface area contributed by atoms with E-state index < -0.39 is 5.38 Å². The van der Waals surface area contributed by atoms with Gasteiger partial charge in [-0.1, -0.05) is 23.7 Å². The molecule has 1 aliphatic rings. The zero-order chi connectivity index (χ0) is 13.6. The second kappa shape index (κ2) is 4.55. The minimum Gasteiger partial charge on any atom is -0.508 e. The topological polar surface area (TPSA) is 37.3 Å². The number of phenolic OH excluding ortho intramolecular Hbond substituents is 1. The molecule has 0 aromatic heterocycles. The van der Waals surface area contributed by atoms with Crippen molar-refractivity contribution in [2.24, 2.45) is 0 Å². The standard InChI is InChI=1S/C15H10Cl2O2/c16-9-3-1-8(2-4-9)13-12-7-10(18)5-6-11(12)15(19)14(13)17/h1-7,13-14,18H. The Morgan fingerprint density at radius 3 is 2.42 bits per heavy atom. The summed E-state index contributed by atoms with van der Waals surface area (Å²) in [4.78, 5) is 12.1. The number of benzene rings is 2. The van der Waals surface area contributed by atoms with Gasteiger partial charge >= 0.3 is 0 Å². The van der Waals surface area contributed by atoms with Gasteiger partial charge < -0.3 is 5.11 Å². The lowest BCUT2D eigenvalue weighted by Crippen LogP contribution is -2.14. The summed E-state index contributed by atoms with van der Waals surface area (Å²) in [5.41, 5.74) is 2.27. The number of aromatic hydroxyl groups is 1. The van der Waals surface area contributed by atoms with E-state index in [-0.39, 0.29) is 17.5 Å². The third kappa shape index (κ3) is 2.01. The highest BCUT2D eigenvalue weighted by atomic mass is 35.5. The lowest BCUT2D eigenvalue weighted by molar-refractivity contribution is 0.0995. The molecule has 0 spiro atoms. The van der Waals surface area contributed by atoms with Crippen LogP contribution >= 0.6 is 23.2 Å². The Morgan fingerprint density at radius 2 is 1.74 bits per heavy atom. The molecule has 4 heteroatoms. The average molecular weight is 293 g/mol. The lowest BCUT2D eigenvalue weighted by Gasteiger charge is -2.15. The van der Waals surface area contributed by atoms with Crippen molar-refractivity contribution in [1.29, 1.82) is 0 Å². The monoisotopic (exact) mass is 292 g/mol. The van der Waals surface area contributed by atoms with E-state index in [1.807, 2.05) is 12.1 Å². The zero-order valence-electron chi connectivity index (χ0n) is 9.81. The number of halogens is 2. The van der Waals surface area contributed by atoms with E-state index in [0.29, 0.717) is 10.6 Å². The molecular weight excluding hydrogens is 283 g/mol. The van der Waals surface area contributed by atoms with Crippen LogP contribution in [-0.4, -0.2) is 16.3 Å². The third-order valence-electron chi connectivity index (χ3n) is 3.41. The Hall–Kier alpha value is -1.51. The van der Waals surface area contributed by atoms with Crippen molar-refractivity contribution in [3.8, 4) is 5.75 Å². The normalized spacial score (nSPS) is 21.5. The Labute approximate surface area is 120 Å². The first-order valence-corrected chi connectivity index (χ1v) is 6.66. The molecule has 1 N–H and O–H groups in total. The number of hydrogen-bond donors (Lipinski definition) is 1. The van der Waals surface area contributed by atoms with Crippen LogP contribution in [-0.2, 0) is 0 Å². The predicted octanol–water partition coefficient (Wildman–Crippen LogP) is 3.98. The van der Waals surface area contributed by atoms with E-state index in [1.54, 1.807) is 24.3 Å². The van der Waals surface area contributed by atoms with Crippen molar-refractivity contribution in [3.63, 3.8) is 0 Å². The Kier molecular flexibility index (Phi) is 3.00. The van der Waals surface area contributed by atoms with Crippen LogP contribution < -0.4 is 0 Å². The smallest absolute Gasteiger partial charge is 0.181 e. The first-order chi connectivity index (χ1) is 9.08. The van der Waals surface area contributed by atoms with Crippen molar-refractivity contribution in [3.05, 3.63) is 64.2 Å². The average Bonchev–Trinajstić information content (AvgIpc) is 2.63. The summed E-state index contributed by atoms with van der Waals surface area (Å²) in [5.74, 6) is -0.207. The van der Waals surface area contributed by atoms with Crippen LogP contribution in [0.4, 0.5) is 0 Å². The van der Waals surface area contributed by atoms with Gasteiger partial charge in [-0.3, -0.25) is 4.79 Å². The van der Waals surface area contributed by atoms with Gasteiger partial charge in [0.2, 0.25) is 0 Å². The van der Waals surface area contributed by atoms with Crippen LogP contribution in [0.15, 0.2) is 42.5 Å². The summed E-state index contributed by atoms with van der Waals surface area (Å²) in [6.45, 7) is 0. The molecule has 0 aliphatic heterocycles. The quantitative estimate of drug-likeness (QED) is 0.807. The second-order valence-corrected chi connectivity index (χ2v) is 5.47. The fourth-order valence-corrected chi connectivity index (χ4v) is 3.03. The minimum atomic E-state index is -0.641. The van der Waals surface area contributed by atoms with Gasteiger partial charge in [0.1, 0.15) is 11.1 Å². The number of ketones is 1. The number of phenols is 1. The van der Waals surface area contributed by atoms with Crippen LogP contribution in [0.3, 0.4) is 0 Å². The SMILES string of the molecule is O=C1c2ccc(O)cc2C(c2ccc(Cl)cc2)C1Cl. The number of carbonyl (C=O) groups excluding carboxylic acids is 1. The summed E-state index contributed by atoms with van der Waals surface area (Å²) in [6.07, 6.45) is 0. The van der Waals surface area contributed by atoms with E-state index >= 15 is 0 Å². The number of rotatable bonds is 1. The Balaban J connectivity index is 2.15. The highest BCUT2D eigenvalue weighted by molar-refractivity contribution is 6.36. The van der Waals surface area contributed by atoms with Crippen LogP contribution in [0, 0.1) is 0 Å². The fraction of sp³-hybridized carbons (Fsp3) is 0.133. The first-order valence-electron chi connectivity index (χ1n) is 5.84. The molecule has 2 aromatic carbocycles. The minimum absolute atomic E-state index is 0.100. The maximum absolute atomic E-state index is 12.1. The fourth-order valence-electron chi connectivity index (χ4n) is 2.51. The lowest BCUT2D eigenvalue weighted by atomic mass is 9.93. The Bertz CT molecular complexity index is 650. The first kappa shape index (κ1) is 12.5. The van der Waals surface area contributed by atoms with E-state index in [9.17, 15) is 9.90 Å². The van der Waals surface area contributed by atoms with Gasteiger partial charge in [0, 0.05) is 16.5 Å². The second-order valence-electron chi connectivity index (χ2n) is 4.57. The van der Waals surface area contributed by atoms with Crippen LogP contribution in [0.1, 0.15) is 27.4 Å². The van der Waals surface area contributed by atoms with Crippen molar-refractivity contribution in [2.75, 3.05) is 0 Å². The highest BCUT2D eigenvalue weighted by Crippen LogP contribution is 2.42. The molecule has 0 radical (unpaired) electrons. The molecule has 2 nitrogen and oxygen atoms in total. The number of hydrogen-bond acceptors (Lipinski definition) is 2. The zero-order valence-corrected chi connectivity index (χ0v) is 11.3. The maximum Gasteiger partial charge on any atom is 0.181 e. The van der Waals surface area contributed by atoms with Crippen molar-refractivity contribution in [2.45, 2.75) is 11.3 Å². The maximum atomic E-state index is 12.1. The molecule has 0 fully saturated rings. The highest BCUT2D eigenvalue weighted by Gasteiger charge is 2.39. The summed E-state index contributed by atoms with van der Waals surface area (Å²) in [7, 11) is 0. The van der Waals surface area contributed by atoms with E-state index in [4.69, 9.17) is 23.2 Å². The molecule has 19 heavy (non-hydrogen) atoms. The summed E-state index contributed by atoms with van der Waals surface area (Å²) < 4.78 is 0. The van der Waals surface area contributed by atoms with Gasteiger partial charge in [-0.05, 0) is 41.5 Å². The molecule has 1 aliphatic carbocycles. The van der Waals surface area contributed by atoms with Crippen LogP contribution in [0.25, 0.3) is 0 Å². The molecule has 0 bridgehead atoms. The molecule has 3 rings (SSSR count). The summed E-state index contributed by atoms with van der Waals surface area (Å²) in [5, 5.41) is 9.60. The largest absolute Gasteiger partial charge is 0.508 e. The molecule has 2 atom stereocenters. The Morgan fingerprint density at radius 1 is 1.05 bits per heavy atom. The molecular formula is C15H10Cl2O2. The van der Waals surface area contributed by atoms with Gasteiger partial charge in [0.05, 0.1) is 0 Å². The van der Waals surface area contributed by atoms with Gasteiger partial charge in [-0.25, -0.2) is 0 Å². The molecule has 0 saturated heterocycles. The van der Waals surface area contributed by atoms with E-state index in [1.165, 1.54) is 6.07 Å². The van der Waals surface area contributed by atoms with Gasteiger partial charge in [-0.15, -0.1) is 11.6 Å². The van der Waals surface area contributed by atoms with Crippen molar-refractivity contribution >= 4 is 29.0 Å². The van der Waals surface area contributed by atoms with Gasteiger partial charge in [0.25, 0.3) is 0 Å². The number of carbonyl (C=O) groups is 1. The van der Waals surface area contributed by atoms with Crippen LogP contribution in [0.2, 0.25) is 5.02 Å². The van der Waals surface area contributed by atoms with Crippen molar-refractivity contribution < 1.29 is 9.90 Å². The molecule has 0 heterocycles. The summed E-state index contributed by atoms with van der Waals surface area (Å²) in [6, 6.07) is 12.0. The van der Waals surface area contributed by atoms with Gasteiger partial charge in [0.15, 0.2) is 5.78 Å². The predicted molar refractivity (Wildman–Crippen MR) is 75.4 cm³/mol. The third-order valence-corrected chi connectivity index (χ3v) is 4.11. The molecule has 0 saturated carbocycles. The van der Waals surface area contributed by atoms with Gasteiger partial charge in [-0.2, -0.15) is 0 Å². The van der Waals surface area contributed by atoms with E-state index in [0.717, 1.165) is 11.1 Å². The number of alkyl halides is 1. The summed E-state index contributed by atoms with van der Waals surface area (Å²) >= 11 is 12.1. The van der Waals surface area contributed by atoms with Crippen LogP contribution in [0.5, 0.6) is 5.75 Å². The molecule has 2 unspecified atom stereocenters. The molecule has 96 valence electrons. The van der Waals surface area contributed by atoms with E-state index in [2.05, 4.69) is 0 Å². The van der Waals surface area contributed by atoms with Crippen molar-refractivity contribution in [1.82, 2.24) is 0 Å². The number of Topliss-reactive ketones (excluding diaryl/α,β-unsaturated/α-hetero) is 1. The molecule has 2 aromatic rings. The number of fused-ring (bicyclic) bond motifs is 1. The molecule has 0 amide bonds.